The van der Waals surface area contributed by atoms with E-state index in [1.807, 2.05) is 30.3 Å². The molecule has 1 aliphatic carbocycles. The number of ketones is 1. The first-order valence-corrected chi connectivity index (χ1v) is 6.86. The van der Waals surface area contributed by atoms with Gasteiger partial charge in [-0.25, -0.2) is 0 Å². The summed E-state index contributed by atoms with van der Waals surface area (Å²) in [6, 6.07) is 12.9. The Labute approximate surface area is 102 Å². The average Bonchev–Trinajstić information content (AvgIpc) is 2.64. The van der Waals surface area contributed by atoms with Crippen molar-refractivity contribution in [1.82, 2.24) is 0 Å². The highest BCUT2D eigenvalue weighted by atomic mass is 32.2. The van der Waals surface area contributed by atoms with Crippen LogP contribution in [-0.2, 0) is 10.8 Å². The second-order valence-electron chi connectivity index (χ2n) is 4.04. The minimum absolute atomic E-state index is 0.0593. The molecular formula is C14H10O2S. The smallest absolute Gasteiger partial charge is 0.194 e. The molecule has 0 bridgehead atoms. The Bertz CT molecular complexity index is 659. The molecule has 1 atom stereocenters. The van der Waals surface area contributed by atoms with Gasteiger partial charge in [0, 0.05) is 33.1 Å². The van der Waals surface area contributed by atoms with E-state index in [4.69, 9.17) is 0 Å². The molecule has 0 unspecified atom stereocenters. The van der Waals surface area contributed by atoms with E-state index >= 15 is 0 Å². The van der Waals surface area contributed by atoms with Crippen LogP contribution >= 0.6 is 0 Å². The predicted octanol–water partition coefficient (Wildman–Crippen LogP) is 2.64. The van der Waals surface area contributed by atoms with Crippen LogP contribution in [0.15, 0.2) is 47.4 Å². The number of hydrogen-bond acceptors (Lipinski definition) is 2. The summed E-state index contributed by atoms with van der Waals surface area (Å²) in [6.07, 6.45) is 1.64. The summed E-state index contributed by atoms with van der Waals surface area (Å²) in [5.41, 5.74) is 3.29. The number of benzene rings is 2. The average molecular weight is 242 g/mol. The highest BCUT2D eigenvalue weighted by Crippen LogP contribution is 2.37. The highest BCUT2D eigenvalue weighted by Gasteiger charge is 2.26. The fourth-order valence-electron chi connectivity index (χ4n) is 2.18. The fourth-order valence-corrected chi connectivity index (χ4v) is 2.73. The lowest BCUT2D eigenvalue weighted by atomic mass is 10.1. The van der Waals surface area contributed by atoms with Gasteiger partial charge in [-0.1, -0.05) is 24.3 Å². The van der Waals surface area contributed by atoms with Gasteiger partial charge in [0.15, 0.2) is 5.78 Å². The van der Waals surface area contributed by atoms with Gasteiger partial charge < -0.3 is 0 Å². The van der Waals surface area contributed by atoms with Crippen molar-refractivity contribution in [3.8, 4) is 11.1 Å². The van der Waals surface area contributed by atoms with Crippen LogP contribution in [-0.4, -0.2) is 16.2 Å². The van der Waals surface area contributed by atoms with Crippen LogP contribution in [0.2, 0.25) is 0 Å². The molecule has 0 N–H and O–H groups in total. The van der Waals surface area contributed by atoms with E-state index < -0.39 is 10.8 Å². The number of fused-ring (bicyclic) bond motifs is 3. The fraction of sp³-hybridized carbons (Fsp3) is 0.0714. The molecule has 0 amide bonds. The lowest BCUT2D eigenvalue weighted by Gasteiger charge is -2.02. The van der Waals surface area contributed by atoms with E-state index in [1.54, 1.807) is 18.4 Å². The largest absolute Gasteiger partial charge is 0.289 e. The van der Waals surface area contributed by atoms with Gasteiger partial charge in [0.1, 0.15) is 0 Å². The first kappa shape index (κ1) is 10.4. The molecule has 0 aromatic heterocycles. The molecule has 0 aliphatic heterocycles. The Morgan fingerprint density at radius 2 is 1.53 bits per heavy atom. The zero-order valence-electron chi connectivity index (χ0n) is 9.27. The van der Waals surface area contributed by atoms with Crippen LogP contribution < -0.4 is 0 Å². The zero-order chi connectivity index (χ0) is 12.0. The first-order valence-electron chi connectivity index (χ1n) is 5.30. The van der Waals surface area contributed by atoms with Crippen LogP contribution in [0.1, 0.15) is 15.9 Å². The summed E-state index contributed by atoms with van der Waals surface area (Å²) in [4.78, 5) is 12.9. The normalized spacial score (nSPS) is 14.3. The van der Waals surface area contributed by atoms with Crippen molar-refractivity contribution in [3.05, 3.63) is 53.6 Å². The third-order valence-corrected chi connectivity index (χ3v) is 3.95. The van der Waals surface area contributed by atoms with E-state index in [0.717, 1.165) is 21.6 Å². The molecule has 1 aliphatic rings. The van der Waals surface area contributed by atoms with E-state index in [1.165, 1.54) is 0 Å². The van der Waals surface area contributed by atoms with E-state index in [9.17, 15) is 9.00 Å². The summed E-state index contributed by atoms with van der Waals surface area (Å²) in [6.45, 7) is 0. The van der Waals surface area contributed by atoms with Crippen LogP contribution in [0, 0.1) is 0 Å². The monoisotopic (exact) mass is 242 g/mol. The summed E-state index contributed by atoms with van der Waals surface area (Å²) < 4.78 is 11.5. The Hall–Kier alpha value is -1.74. The minimum Gasteiger partial charge on any atom is -0.289 e. The second kappa shape index (κ2) is 3.64. The van der Waals surface area contributed by atoms with Gasteiger partial charge >= 0.3 is 0 Å². The first-order chi connectivity index (χ1) is 8.18. The van der Waals surface area contributed by atoms with Crippen LogP contribution in [0.5, 0.6) is 0 Å². The molecule has 0 fully saturated rings. The summed E-state index contributed by atoms with van der Waals surface area (Å²) >= 11 is 0. The maximum Gasteiger partial charge on any atom is 0.194 e. The molecule has 2 aromatic carbocycles. The third kappa shape index (κ3) is 1.46. The maximum atomic E-state index is 12.1. The van der Waals surface area contributed by atoms with Crippen molar-refractivity contribution in [3.63, 3.8) is 0 Å². The summed E-state index contributed by atoms with van der Waals surface area (Å²) in [7, 11) is -1.02. The van der Waals surface area contributed by atoms with Gasteiger partial charge in [0.2, 0.25) is 0 Å². The predicted molar refractivity (Wildman–Crippen MR) is 67.6 cm³/mol. The van der Waals surface area contributed by atoms with Crippen molar-refractivity contribution >= 4 is 16.6 Å². The Balaban J connectivity index is 2.31. The van der Waals surface area contributed by atoms with Gasteiger partial charge in [-0.3, -0.25) is 9.00 Å². The van der Waals surface area contributed by atoms with E-state index in [-0.39, 0.29) is 5.78 Å². The number of hydrogen-bond donors (Lipinski definition) is 0. The standard InChI is InChI=1S/C14H10O2S/c1-17(16)9-6-7-12-13(8-9)10-4-2-3-5-11(10)14(12)15/h2-8H,1H3/t17-/m0/s1. The SMILES string of the molecule is C[S@](=O)c1ccc2c(c1)-c1ccccc1C2=O. The van der Waals surface area contributed by atoms with Crippen LogP contribution in [0.25, 0.3) is 11.1 Å². The summed E-state index contributed by atoms with van der Waals surface area (Å²) in [5.74, 6) is 0.0593. The lowest BCUT2D eigenvalue weighted by molar-refractivity contribution is 0.104. The van der Waals surface area contributed by atoms with Crippen LogP contribution in [0.3, 0.4) is 0 Å². The molecule has 0 saturated carbocycles. The number of carbonyl (C=O) groups is 1. The molecule has 0 heterocycles. The molecule has 17 heavy (non-hydrogen) atoms. The second-order valence-corrected chi connectivity index (χ2v) is 5.42. The lowest BCUT2D eigenvalue weighted by Crippen LogP contribution is -1.95. The third-order valence-electron chi connectivity index (χ3n) is 3.03. The number of carbonyl (C=O) groups excluding carboxylic acids is 1. The van der Waals surface area contributed by atoms with Crippen molar-refractivity contribution in [2.24, 2.45) is 0 Å². The van der Waals surface area contributed by atoms with Gasteiger partial charge in [0.25, 0.3) is 0 Å². The topological polar surface area (TPSA) is 34.1 Å². The zero-order valence-corrected chi connectivity index (χ0v) is 10.1. The summed E-state index contributed by atoms with van der Waals surface area (Å²) in [5, 5.41) is 0. The molecule has 0 radical (unpaired) electrons. The van der Waals surface area contributed by atoms with E-state index in [0.29, 0.717) is 5.56 Å². The van der Waals surface area contributed by atoms with Crippen molar-refractivity contribution < 1.29 is 9.00 Å². The Morgan fingerprint density at radius 3 is 2.24 bits per heavy atom. The Morgan fingerprint density at radius 1 is 0.882 bits per heavy atom. The minimum atomic E-state index is -1.02. The molecular weight excluding hydrogens is 232 g/mol. The molecule has 0 spiro atoms. The van der Waals surface area contributed by atoms with Gasteiger partial charge in [-0.05, 0) is 29.3 Å². The maximum absolute atomic E-state index is 12.1. The quantitative estimate of drug-likeness (QED) is 0.657. The molecule has 84 valence electrons. The molecule has 3 heteroatoms. The number of rotatable bonds is 1. The van der Waals surface area contributed by atoms with Gasteiger partial charge in [-0.2, -0.15) is 0 Å². The Kier molecular flexibility index (Phi) is 2.23. The van der Waals surface area contributed by atoms with Crippen molar-refractivity contribution in [2.45, 2.75) is 4.90 Å². The molecule has 0 saturated heterocycles. The van der Waals surface area contributed by atoms with Gasteiger partial charge in [-0.15, -0.1) is 0 Å². The van der Waals surface area contributed by atoms with E-state index in [2.05, 4.69) is 0 Å². The van der Waals surface area contributed by atoms with Crippen LogP contribution in [0.4, 0.5) is 0 Å². The molecule has 2 nitrogen and oxygen atoms in total. The van der Waals surface area contributed by atoms with Crippen molar-refractivity contribution in [2.75, 3.05) is 6.26 Å². The molecule has 3 rings (SSSR count). The van der Waals surface area contributed by atoms with Gasteiger partial charge in [0.05, 0.1) is 0 Å². The van der Waals surface area contributed by atoms with Crippen molar-refractivity contribution in [1.29, 1.82) is 0 Å². The highest BCUT2D eigenvalue weighted by molar-refractivity contribution is 7.84. The molecule has 2 aromatic rings.